The zero-order valence-electron chi connectivity index (χ0n) is 17.9. The molecule has 5 rings (SSSR count). The second kappa shape index (κ2) is 8.28. The molecule has 2 atom stereocenters. The van der Waals surface area contributed by atoms with E-state index in [2.05, 4.69) is 55.4 Å². The van der Waals surface area contributed by atoms with E-state index in [-0.39, 0.29) is 0 Å². The van der Waals surface area contributed by atoms with Gasteiger partial charge in [-0.15, -0.1) is 0 Å². The molecular formula is C22H30N8. The molecule has 0 radical (unpaired) electrons. The predicted molar refractivity (Wildman–Crippen MR) is 113 cm³/mol. The van der Waals surface area contributed by atoms with E-state index >= 15 is 0 Å². The number of nitrogens with zero attached hydrogens (tertiary/aromatic N) is 8. The summed E-state index contributed by atoms with van der Waals surface area (Å²) in [6.07, 6.45) is 16.5. The first-order valence-electron chi connectivity index (χ1n) is 10.9. The number of fused-ring (bicyclic) bond motifs is 2. The summed E-state index contributed by atoms with van der Waals surface area (Å²) in [7, 11) is 4.31. The molecule has 2 unspecified atom stereocenters. The molecule has 0 fully saturated rings. The average Bonchev–Trinajstić information content (AvgIpc) is 3.43. The molecule has 8 nitrogen and oxygen atoms in total. The Morgan fingerprint density at radius 3 is 1.67 bits per heavy atom. The van der Waals surface area contributed by atoms with Crippen molar-refractivity contribution >= 4 is 0 Å². The van der Waals surface area contributed by atoms with E-state index in [1.165, 1.54) is 24.5 Å². The van der Waals surface area contributed by atoms with E-state index < -0.39 is 0 Å². The topological polar surface area (TPSA) is 67.9 Å². The van der Waals surface area contributed by atoms with Crippen molar-refractivity contribution in [3.63, 3.8) is 0 Å². The first-order valence-corrected chi connectivity index (χ1v) is 10.9. The van der Waals surface area contributed by atoms with Gasteiger partial charge in [-0.25, -0.2) is 9.97 Å². The average molecular weight is 407 g/mol. The predicted octanol–water partition coefficient (Wildman–Crippen LogP) is 2.80. The van der Waals surface area contributed by atoms with Crippen molar-refractivity contribution in [3.05, 3.63) is 60.2 Å². The van der Waals surface area contributed by atoms with Crippen LogP contribution in [0.2, 0.25) is 0 Å². The molecule has 158 valence electrons. The van der Waals surface area contributed by atoms with Crippen LogP contribution in [0, 0.1) is 0 Å². The Hall–Kier alpha value is -2.58. The first-order chi connectivity index (χ1) is 14.7. The van der Waals surface area contributed by atoms with Crippen LogP contribution in [-0.2, 0) is 26.2 Å². The lowest BCUT2D eigenvalue weighted by Gasteiger charge is -2.31. The van der Waals surface area contributed by atoms with Crippen LogP contribution in [0.5, 0.6) is 0 Å². The minimum absolute atomic E-state index is 0.344. The van der Waals surface area contributed by atoms with Crippen LogP contribution in [0.4, 0.5) is 0 Å². The zero-order valence-corrected chi connectivity index (χ0v) is 17.9. The van der Waals surface area contributed by atoms with Crippen LogP contribution in [0.3, 0.4) is 0 Å². The van der Waals surface area contributed by atoms with Gasteiger partial charge in [-0.05, 0) is 39.8 Å². The summed E-state index contributed by atoms with van der Waals surface area (Å²) >= 11 is 0. The number of hydrogen-bond donors (Lipinski definition) is 0. The van der Waals surface area contributed by atoms with Crippen molar-refractivity contribution < 1.29 is 0 Å². The van der Waals surface area contributed by atoms with Gasteiger partial charge in [-0.3, -0.25) is 19.8 Å². The normalized spacial score (nSPS) is 21.1. The van der Waals surface area contributed by atoms with Crippen molar-refractivity contribution in [2.24, 2.45) is 0 Å². The summed E-state index contributed by atoms with van der Waals surface area (Å²) in [4.78, 5) is 23.3. The quantitative estimate of drug-likeness (QED) is 0.627. The van der Waals surface area contributed by atoms with Crippen molar-refractivity contribution in [2.75, 3.05) is 14.1 Å². The molecule has 3 aromatic rings. The molecule has 0 aromatic carbocycles. The molecule has 5 heterocycles. The van der Waals surface area contributed by atoms with Gasteiger partial charge in [0.05, 0.1) is 35.9 Å². The second-order valence-electron chi connectivity index (χ2n) is 8.60. The van der Waals surface area contributed by atoms with E-state index in [4.69, 9.17) is 9.97 Å². The van der Waals surface area contributed by atoms with Crippen LogP contribution in [-0.4, -0.2) is 53.0 Å². The number of hydrogen-bond acceptors (Lipinski definition) is 6. The standard InChI is InChI=1S/C22H30N8/c1-27(19-5-3-9-29-11-7-23-21(19)29)15-17-13-26-18(14-25-17)16-28(2)20-6-4-10-30-12-8-24-22(20)30/h7-8,11-14,19-20H,3-6,9-10,15-16H2,1-2H3. The highest BCUT2D eigenvalue weighted by Crippen LogP contribution is 2.30. The fourth-order valence-corrected chi connectivity index (χ4v) is 4.89. The molecule has 0 saturated carbocycles. The maximum atomic E-state index is 4.71. The lowest BCUT2D eigenvalue weighted by Crippen LogP contribution is -2.31. The van der Waals surface area contributed by atoms with E-state index in [0.717, 1.165) is 50.4 Å². The number of imidazole rings is 2. The minimum Gasteiger partial charge on any atom is -0.334 e. The Balaban J connectivity index is 1.21. The van der Waals surface area contributed by atoms with Gasteiger partial charge in [0.25, 0.3) is 0 Å². The molecule has 8 heteroatoms. The highest BCUT2D eigenvalue weighted by molar-refractivity contribution is 5.08. The Labute approximate surface area is 177 Å². The molecule has 30 heavy (non-hydrogen) atoms. The molecule has 0 amide bonds. The number of rotatable bonds is 6. The summed E-state index contributed by atoms with van der Waals surface area (Å²) in [6.45, 7) is 3.70. The van der Waals surface area contributed by atoms with Crippen molar-refractivity contribution in [3.8, 4) is 0 Å². The zero-order chi connectivity index (χ0) is 20.5. The van der Waals surface area contributed by atoms with Gasteiger partial charge in [0.2, 0.25) is 0 Å². The molecular weight excluding hydrogens is 376 g/mol. The largest absolute Gasteiger partial charge is 0.334 e. The van der Waals surface area contributed by atoms with E-state index in [1.54, 1.807) is 0 Å². The van der Waals surface area contributed by atoms with Gasteiger partial charge in [0.15, 0.2) is 0 Å². The SMILES string of the molecule is CN(Cc1cnc(CN(C)C2CCCn3ccnc32)cn1)C1CCCn2ccnc21. The second-order valence-corrected chi connectivity index (χ2v) is 8.60. The van der Waals surface area contributed by atoms with Gasteiger partial charge in [-0.2, -0.15) is 0 Å². The molecule has 2 aliphatic rings. The molecule has 0 aliphatic carbocycles. The minimum atomic E-state index is 0.344. The number of aromatic nitrogens is 6. The molecule has 0 N–H and O–H groups in total. The maximum absolute atomic E-state index is 4.71. The fourth-order valence-electron chi connectivity index (χ4n) is 4.89. The molecule has 0 saturated heterocycles. The summed E-state index contributed by atoms with van der Waals surface area (Å²) in [6, 6.07) is 0.688. The smallest absolute Gasteiger partial charge is 0.126 e. The van der Waals surface area contributed by atoms with Crippen molar-refractivity contribution in [2.45, 2.75) is 63.9 Å². The highest BCUT2D eigenvalue weighted by atomic mass is 15.2. The monoisotopic (exact) mass is 406 g/mol. The van der Waals surface area contributed by atoms with Crippen LogP contribution >= 0.6 is 0 Å². The van der Waals surface area contributed by atoms with E-state index in [1.807, 2.05) is 24.8 Å². The third kappa shape index (κ3) is 3.77. The summed E-state index contributed by atoms with van der Waals surface area (Å²) in [5.41, 5.74) is 2.00. The maximum Gasteiger partial charge on any atom is 0.126 e. The summed E-state index contributed by atoms with van der Waals surface area (Å²) in [5, 5.41) is 0. The first kappa shape index (κ1) is 19.4. The summed E-state index contributed by atoms with van der Waals surface area (Å²) in [5.74, 6) is 2.33. The highest BCUT2D eigenvalue weighted by Gasteiger charge is 2.26. The molecule has 0 bridgehead atoms. The lowest BCUT2D eigenvalue weighted by molar-refractivity contribution is 0.185. The van der Waals surface area contributed by atoms with Crippen LogP contribution in [0.1, 0.15) is 60.8 Å². The Morgan fingerprint density at radius 2 is 1.23 bits per heavy atom. The van der Waals surface area contributed by atoms with E-state index in [0.29, 0.717) is 12.1 Å². The van der Waals surface area contributed by atoms with Gasteiger partial charge < -0.3 is 9.13 Å². The Bertz CT molecular complexity index is 896. The van der Waals surface area contributed by atoms with Crippen molar-refractivity contribution in [1.29, 1.82) is 0 Å². The van der Waals surface area contributed by atoms with Crippen molar-refractivity contribution in [1.82, 2.24) is 38.9 Å². The third-order valence-corrected chi connectivity index (χ3v) is 6.49. The fraction of sp³-hybridized carbons (Fsp3) is 0.545. The number of aryl methyl sites for hydroxylation is 2. The Morgan fingerprint density at radius 1 is 0.767 bits per heavy atom. The van der Waals surface area contributed by atoms with Gasteiger partial charge >= 0.3 is 0 Å². The van der Waals surface area contributed by atoms with Crippen LogP contribution < -0.4 is 0 Å². The lowest BCUT2D eigenvalue weighted by atomic mass is 10.1. The van der Waals surface area contributed by atoms with Crippen LogP contribution in [0.15, 0.2) is 37.2 Å². The Kier molecular flexibility index (Phi) is 5.35. The van der Waals surface area contributed by atoms with Gasteiger partial charge in [0, 0.05) is 51.0 Å². The van der Waals surface area contributed by atoms with Gasteiger partial charge in [-0.1, -0.05) is 0 Å². The summed E-state index contributed by atoms with van der Waals surface area (Å²) < 4.78 is 4.54. The van der Waals surface area contributed by atoms with Crippen LogP contribution in [0.25, 0.3) is 0 Å². The van der Waals surface area contributed by atoms with Gasteiger partial charge in [0.1, 0.15) is 11.6 Å². The molecule has 2 aliphatic heterocycles. The molecule has 0 spiro atoms. The molecule has 3 aromatic heterocycles. The van der Waals surface area contributed by atoms with E-state index in [9.17, 15) is 0 Å². The third-order valence-electron chi connectivity index (χ3n) is 6.49.